The summed E-state index contributed by atoms with van der Waals surface area (Å²) in [5.41, 5.74) is 2.89. The van der Waals surface area contributed by atoms with Crippen LogP contribution in [0.25, 0.3) is 0 Å². The SMILES string of the molecule is CC1=C[C@@H](CCc2ccccc2)O[C@H](C(C)C)C1. The van der Waals surface area contributed by atoms with Crippen LogP contribution in [0.2, 0.25) is 0 Å². The summed E-state index contributed by atoms with van der Waals surface area (Å²) in [7, 11) is 0. The molecule has 98 valence electrons. The first-order valence-corrected chi connectivity index (χ1v) is 7.02. The molecule has 0 radical (unpaired) electrons. The highest BCUT2D eigenvalue weighted by Crippen LogP contribution is 2.26. The van der Waals surface area contributed by atoms with Gasteiger partial charge < -0.3 is 4.74 Å². The van der Waals surface area contributed by atoms with E-state index >= 15 is 0 Å². The molecular weight excluding hydrogens is 220 g/mol. The van der Waals surface area contributed by atoms with Crippen LogP contribution in [0.4, 0.5) is 0 Å². The van der Waals surface area contributed by atoms with E-state index in [2.05, 4.69) is 57.2 Å². The van der Waals surface area contributed by atoms with Crippen LogP contribution >= 0.6 is 0 Å². The van der Waals surface area contributed by atoms with Crippen LogP contribution in [-0.2, 0) is 11.2 Å². The van der Waals surface area contributed by atoms with Gasteiger partial charge in [0.2, 0.25) is 0 Å². The zero-order valence-corrected chi connectivity index (χ0v) is 11.7. The maximum atomic E-state index is 6.16. The first kappa shape index (κ1) is 13.4. The van der Waals surface area contributed by atoms with Crippen molar-refractivity contribution in [2.45, 2.75) is 52.2 Å². The fourth-order valence-electron chi connectivity index (χ4n) is 2.51. The molecule has 0 saturated heterocycles. The maximum absolute atomic E-state index is 6.16. The topological polar surface area (TPSA) is 9.23 Å². The molecule has 1 aliphatic heterocycles. The van der Waals surface area contributed by atoms with Crippen molar-refractivity contribution in [2.75, 3.05) is 0 Å². The van der Waals surface area contributed by atoms with Crippen molar-refractivity contribution in [3.8, 4) is 0 Å². The summed E-state index contributed by atoms with van der Waals surface area (Å²) in [5, 5.41) is 0. The smallest absolute Gasteiger partial charge is 0.0765 e. The molecule has 0 bridgehead atoms. The van der Waals surface area contributed by atoms with Crippen molar-refractivity contribution in [1.82, 2.24) is 0 Å². The fourth-order valence-corrected chi connectivity index (χ4v) is 2.51. The van der Waals surface area contributed by atoms with Gasteiger partial charge in [0.05, 0.1) is 12.2 Å². The molecule has 0 aliphatic carbocycles. The van der Waals surface area contributed by atoms with E-state index < -0.39 is 0 Å². The molecule has 0 spiro atoms. The lowest BCUT2D eigenvalue weighted by Gasteiger charge is -2.31. The maximum Gasteiger partial charge on any atom is 0.0765 e. The molecule has 1 aliphatic rings. The van der Waals surface area contributed by atoms with Crippen LogP contribution in [0.15, 0.2) is 42.0 Å². The van der Waals surface area contributed by atoms with E-state index in [9.17, 15) is 0 Å². The molecule has 0 saturated carbocycles. The van der Waals surface area contributed by atoms with Crippen molar-refractivity contribution in [2.24, 2.45) is 5.92 Å². The molecule has 2 rings (SSSR count). The Kier molecular flexibility index (Phi) is 4.60. The van der Waals surface area contributed by atoms with Crippen molar-refractivity contribution >= 4 is 0 Å². The molecule has 1 heteroatoms. The van der Waals surface area contributed by atoms with Gasteiger partial charge in [-0.05, 0) is 37.7 Å². The Balaban J connectivity index is 1.91. The van der Waals surface area contributed by atoms with Crippen molar-refractivity contribution in [3.05, 3.63) is 47.5 Å². The van der Waals surface area contributed by atoms with Gasteiger partial charge in [0, 0.05) is 0 Å². The first-order valence-electron chi connectivity index (χ1n) is 7.02. The van der Waals surface area contributed by atoms with E-state index in [0.717, 1.165) is 19.3 Å². The summed E-state index contributed by atoms with van der Waals surface area (Å²) in [6, 6.07) is 10.7. The van der Waals surface area contributed by atoms with Gasteiger partial charge in [-0.15, -0.1) is 0 Å². The van der Waals surface area contributed by atoms with Crippen LogP contribution in [0.5, 0.6) is 0 Å². The molecular formula is C17H24O. The Morgan fingerprint density at radius 1 is 1.22 bits per heavy atom. The highest BCUT2D eigenvalue weighted by atomic mass is 16.5. The molecule has 0 aromatic heterocycles. The summed E-state index contributed by atoms with van der Waals surface area (Å²) >= 11 is 0. The van der Waals surface area contributed by atoms with E-state index in [-0.39, 0.29) is 0 Å². The predicted octanol–water partition coefficient (Wildman–Crippen LogP) is 4.38. The summed E-state index contributed by atoms with van der Waals surface area (Å²) in [6.45, 7) is 6.72. The third-order valence-corrected chi connectivity index (χ3v) is 3.65. The van der Waals surface area contributed by atoms with Crippen LogP contribution in [0.3, 0.4) is 0 Å². The average molecular weight is 244 g/mol. The third-order valence-electron chi connectivity index (χ3n) is 3.65. The van der Waals surface area contributed by atoms with E-state index in [1.807, 2.05) is 0 Å². The zero-order chi connectivity index (χ0) is 13.0. The Bertz CT molecular complexity index is 391. The van der Waals surface area contributed by atoms with Crippen LogP contribution < -0.4 is 0 Å². The minimum Gasteiger partial charge on any atom is -0.370 e. The second kappa shape index (κ2) is 6.19. The first-order chi connectivity index (χ1) is 8.65. The minimum atomic E-state index is 0.298. The Hall–Kier alpha value is -1.08. The molecule has 18 heavy (non-hydrogen) atoms. The highest BCUT2D eigenvalue weighted by Gasteiger charge is 2.23. The van der Waals surface area contributed by atoms with Crippen molar-refractivity contribution in [3.63, 3.8) is 0 Å². The zero-order valence-electron chi connectivity index (χ0n) is 11.7. The summed E-state index contributed by atoms with van der Waals surface area (Å²) in [5.74, 6) is 0.605. The highest BCUT2D eigenvalue weighted by molar-refractivity contribution is 5.16. The summed E-state index contributed by atoms with van der Waals surface area (Å²) in [6.07, 6.45) is 6.29. The molecule has 1 heterocycles. The van der Waals surface area contributed by atoms with E-state index in [0.29, 0.717) is 18.1 Å². The van der Waals surface area contributed by atoms with Crippen molar-refractivity contribution < 1.29 is 4.74 Å². The second-order valence-electron chi connectivity index (χ2n) is 5.70. The number of benzene rings is 1. The van der Waals surface area contributed by atoms with E-state index in [1.165, 1.54) is 11.1 Å². The van der Waals surface area contributed by atoms with E-state index in [1.54, 1.807) is 0 Å². The Morgan fingerprint density at radius 2 is 1.94 bits per heavy atom. The quantitative estimate of drug-likeness (QED) is 0.714. The standard InChI is InChI=1S/C17H24O/c1-13(2)17-12-14(3)11-16(18-17)10-9-15-7-5-4-6-8-15/h4-8,11,13,16-17H,9-10,12H2,1-3H3/t16-,17+/m1/s1. The number of aryl methyl sites for hydroxylation is 1. The minimum absolute atomic E-state index is 0.298. The monoisotopic (exact) mass is 244 g/mol. The molecule has 1 nitrogen and oxygen atoms in total. The van der Waals surface area contributed by atoms with Gasteiger partial charge >= 0.3 is 0 Å². The molecule has 0 fully saturated rings. The lowest BCUT2D eigenvalue weighted by atomic mass is 9.94. The van der Waals surface area contributed by atoms with Crippen molar-refractivity contribution in [1.29, 1.82) is 0 Å². The Labute approximate surface area is 111 Å². The van der Waals surface area contributed by atoms with Crippen LogP contribution in [0, 0.1) is 5.92 Å². The Morgan fingerprint density at radius 3 is 2.61 bits per heavy atom. The largest absolute Gasteiger partial charge is 0.370 e. The van der Waals surface area contributed by atoms with Gasteiger partial charge in [0.15, 0.2) is 0 Å². The number of rotatable bonds is 4. The lowest BCUT2D eigenvalue weighted by molar-refractivity contribution is -0.0253. The lowest BCUT2D eigenvalue weighted by Crippen LogP contribution is -2.30. The van der Waals surface area contributed by atoms with Gasteiger partial charge in [0.1, 0.15) is 0 Å². The van der Waals surface area contributed by atoms with Gasteiger partial charge in [-0.3, -0.25) is 0 Å². The summed E-state index contributed by atoms with van der Waals surface area (Å²) in [4.78, 5) is 0. The average Bonchev–Trinajstić information content (AvgIpc) is 2.37. The number of hydrogen-bond donors (Lipinski definition) is 0. The molecule has 1 aromatic rings. The van der Waals surface area contributed by atoms with Gasteiger partial charge in [-0.1, -0.05) is 55.8 Å². The normalized spacial score (nSPS) is 24.1. The van der Waals surface area contributed by atoms with Gasteiger partial charge in [-0.2, -0.15) is 0 Å². The summed E-state index contributed by atoms with van der Waals surface area (Å²) < 4.78 is 6.16. The molecule has 0 unspecified atom stereocenters. The molecule has 2 atom stereocenters. The van der Waals surface area contributed by atoms with Crippen LogP contribution in [-0.4, -0.2) is 12.2 Å². The second-order valence-corrected chi connectivity index (χ2v) is 5.70. The fraction of sp³-hybridized carbons (Fsp3) is 0.529. The van der Waals surface area contributed by atoms with Crippen LogP contribution in [0.1, 0.15) is 39.2 Å². The number of ether oxygens (including phenoxy) is 1. The molecule has 0 N–H and O–H groups in total. The van der Waals surface area contributed by atoms with Gasteiger partial charge in [-0.25, -0.2) is 0 Å². The molecule has 0 amide bonds. The van der Waals surface area contributed by atoms with E-state index in [4.69, 9.17) is 4.74 Å². The van der Waals surface area contributed by atoms with Gasteiger partial charge in [0.25, 0.3) is 0 Å². The number of hydrogen-bond acceptors (Lipinski definition) is 1. The third kappa shape index (κ3) is 3.71. The molecule has 1 aromatic carbocycles. The predicted molar refractivity (Wildman–Crippen MR) is 76.6 cm³/mol.